The van der Waals surface area contributed by atoms with Crippen molar-refractivity contribution >= 4 is 17.2 Å². The van der Waals surface area contributed by atoms with Crippen LogP contribution in [0.4, 0.5) is 0 Å². The number of aromatic nitrogens is 1. The van der Waals surface area contributed by atoms with Gasteiger partial charge >= 0.3 is 0 Å². The van der Waals surface area contributed by atoms with Gasteiger partial charge in [-0.15, -0.1) is 11.3 Å². The number of nitrogens with one attached hydrogen (secondary N) is 1. The molecule has 0 bridgehead atoms. The lowest BCUT2D eigenvalue weighted by Crippen LogP contribution is -2.46. The first kappa shape index (κ1) is 15.2. The third-order valence-electron chi connectivity index (χ3n) is 3.69. The topological polar surface area (TPSA) is 84.6 Å². The van der Waals surface area contributed by atoms with Gasteiger partial charge in [-0.3, -0.25) is 4.79 Å². The summed E-state index contributed by atoms with van der Waals surface area (Å²) < 4.78 is 10.7. The van der Waals surface area contributed by atoms with E-state index in [0.29, 0.717) is 42.5 Å². The van der Waals surface area contributed by atoms with Gasteiger partial charge in [0.1, 0.15) is 11.5 Å². The molecular formula is C15H18N2O4S. The van der Waals surface area contributed by atoms with E-state index in [9.17, 15) is 9.90 Å². The van der Waals surface area contributed by atoms with Crippen LogP contribution in [-0.4, -0.2) is 41.4 Å². The summed E-state index contributed by atoms with van der Waals surface area (Å²) in [5.41, 5.74) is -0.546. The maximum absolute atomic E-state index is 12.1. The van der Waals surface area contributed by atoms with Crippen molar-refractivity contribution in [2.45, 2.75) is 25.4 Å². The van der Waals surface area contributed by atoms with Crippen molar-refractivity contribution in [3.8, 4) is 10.8 Å². The summed E-state index contributed by atoms with van der Waals surface area (Å²) in [6, 6.07) is 3.69. The van der Waals surface area contributed by atoms with Crippen molar-refractivity contribution in [1.82, 2.24) is 10.3 Å². The normalized spacial score (nSPS) is 17.4. The van der Waals surface area contributed by atoms with Crippen molar-refractivity contribution in [1.29, 1.82) is 0 Å². The molecule has 7 heteroatoms. The highest BCUT2D eigenvalue weighted by Gasteiger charge is 2.30. The first-order valence-corrected chi connectivity index (χ1v) is 8.04. The first-order valence-electron chi connectivity index (χ1n) is 7.16. The maximum Gasteiger partial charge on any atom is 0.270 e. The molecule has 0 aromatic carbocycles. The van der Waals surface area contributed by atoms with Crippen LogP contribution in [-0.2, 0) is 4.74 Å². The van der Waals surface area contributed by atoms with Gasteiger partial charge < -0.3 is 19.6 Å². The van der Waals surface area contributed by atoms with Gasteiger partial charge in [-0.05, 0) is 19.1 Å². The molecule has 1 aliphatic heterocycles. The molecule has 1 saturated heterocycles. The quantitative estimate of drug-likeness (QED) is 0.899. The zero-order valence-electron chi connectivity index (χ0n) is 12.3. The predicted molar refractivity (Wildman–Crippen MR) is 81.9 cm³/mol. The van der Waals surface area contributed by atoms with Crippen molar-refractivity contribution in [2.24, 2.45) is 0 Å². The Kier molecular flexibility index (Phi) is 4.28. The molecule has 0 atom stereocenters. The zero-order chi connectivity index (χ0) is 15.6. The second-order valence-electron chi connectivity index (χ2n) is 5.47. The smallest absolute Gasteiger partial charge is 0.270 e. The van der Waals surface area contributed by atoms with Gasteiger partial charge in [0.25, 0.3) is 5.91 Å². The lowest BCUT2D eigenvalue weighted by atomic mass is 9.94. The van der Waals surface area contributed by atoms with E-state index >= 15 is 0 Å². The molecular weight excluding hydrogens is 304 g/mol. The van der Waals surface area contributed by atoms with Crippen LogP contribution in [0.3, 0.4) is 0 Å². The van der Waals surface area contributed by atoms with Crippen LogP contribution in [0.5, 0.6) is 0 Å². The third-order valence-corrected chi connectivity index (χ3v) is 4.55. The number of carbonyl (C=O) groups excluding carboxylic acids is 1. The molecule has 1 amide bonds. The van der Waals surface area contributed by atoms with E-state index < -0.39 is 5.60 Å². The molecule has 2 N–H and O–H groups in total. The molecule has 0 radical (unpaired) electrons. The van der Waals surface area contributed by atoms with Crippen LogP contribution in [0.15, 0.2) is 21.9 Å². The number of amides is 1. The van der Waals surface area contributed by atoms with E-state index in [-0.39, 0.29) is 12.5 Å². The van der Waals surface area contributed by atoms with Crippen LogP contribution < -0.4 is 5.32 Å². The minimum absolute atomic E-state index is 0.210. The second kappa shape index (κ2) is 6.20. The summed E-state index contributed by atoms with van der Waals surface area (Å²) >= 11 is 1.36. The van der Waals surface area contributed by atoms with E-state index in [4.69, 9.17) is 9.15 Å². The average molecular weight is 322 g/mol. The Hall–Kier alpha value is -1.70. The molecule has 2 aromatic heterocycles. The van der Waals surface area contributed by atoms with Crippen LogP contribution in [0.2, 0.25) is 0 Å². The molecule has 0 saturated carbocycles. The van der Waals surface area contributed by atoms with E-state index in [1.54, 1.807) is 5.38 Å². The van der Waals surface area contributed by atoms with Gasteiger partial charge in [0.2, 0.25) is 0 Å². The highest BCUT2D eigenvalue weighted by molar-refractivity contribution is 7.13. The summed E-state index contributed by atoms with van der Waals surface area (Å²) in [6.45, 7) is 3.11. The van der Waals surface area contributed by atoms with E-state index in [1.807, 2.05) is 19.1 Å². The summed E-state index contributed by atoms with van der Waals surface area (Å²) in [5.74, 6) is 1.17. The molecule has 0 spiro atoms. The van der Waals surface area contributed by atoms with Gasteiger partial charge in [0.15, 0.2) is 10.8 Å². The van der Waals surface area contributed by atoms with Gasteiger partial charge in [0.05, 0.1) is 5.60 Å². The Balaban J connectivity index is 1.62. The Morgan fingerprint density at radius 3 is 2.91 bits per heavy atom. The predicted octanol–water partition coefficient (Wildman–Crippen LogP) is 1.98. The molecule has 2 aromatic rings. The minimum atomic E-state index is -0.884. The molecule has 1 aliphatic rings. The van der Waals surface area contributed by atoms with Crippen molar-refractivity contribution in [3.05, 3.63) is 29.0 Å². The van der Waals surface area contributed by atoms with E-state index in [0.717, 1.165) is 5.76 Å². The first-order chi connectivity index (χ1) is 10.6. The SMILES string of the molecule is Cc1ccc(-c2nc(C(=O)NCC3(O)CCOCC3)cs2)o1. The van der Waals surface area contributed by atoms with Crippen LogP contribution in [0, 0.1) is 6.92 Å². The molecule has 3 heterocycles. The van der Waals surface area contributed by atoms with Crippen LogP contribution >= 0.6 is 11.3 Å². The fraction of sp³-hybridized carbons (Fsp3) is 0.467. The van der Waals surface area contributed by atoms with Gasteiger partial charge in [-0.2, -0.15) is 0 Å². The summed E-state index contributed by atoms with van der Waals surface area (Å²) in [4.78, 5) is 16.4. The van der Waals surface area contributed by atoms with Gasteiger partial charge in [-0.25, -0.2) is 4.98 Å². The number of furan rings is 1. The third kappa shape index (κ3) is 3.37. The molecule has 22 heavy (non-hydrogen) atoms. The molecule has 118 valence electrons. The molecule has 3 rings (SSSR count). The lowest BCUT2D eigenvalue weighted by molar-refractivity contribution is -0.0605. The highest BCUT2D eigenvalue weighted by atomic mass is 32.1. The fourth-order valence-corrected chi connectivity index (χ4v) is 3.06. The Morgan fingerprint density at radius 2 is 2.23 bits per heavy atom. The van der Waals surface area contributed by atoms with E-state index in [2.05, 4.69) is 10.3 Å². The summed E-state index contributed by atoms with van der Waals surface area (Å²) in [5, 5.41) is 15.4. The monoisotopic (exact) mass is 322 g/mol. The van der Waals surface area contributed by atoms with Crippen molar-refractivity contribution in [2.75, 3.05) is 19.8 Å². The van der Waals surface area contributed by atoms with Gasteiger partial charge in [-0.1, -0.05) is 0 Å². The number of carbonyl (C=O) groups is 1. The molecule has 1 fully saturated rings. The van der Waals surface area contributed by atoms with Crippen LogP contribution in [0.25, 0.3) is 10.8 Å². The summed E-state index contributed by atoms with van der Waals surface area (Å²) in [7, 11) is 0. The minimum Gasteiger partial charge on any atom is -0.459 e. The largest absolute Gasteiger partial charge is 0.459 e. The number of ether oxygens (including phenoxy) is 1. The molecule has 6 nitrogen and oxygen atoms in total. The molecule has 0 aliphatic carbocycles. The average Bonchev–Trinajstić information content (AvgIpc) is 3.14. The van der Waals surface area contributed by atoms with Crippen molar-refractivity contribution < 1.29 is 19.1 Å². The fourth-order valence-electron chi connectivity index (χ4n) is 2.30. The number of hydrogen-bond donors (Lipinski definition) is 2. The number of aryl methyl sites for hydroxylation is 1. The number of nitrogens with zero attached hydrogens (tertiary/aromatic N) is 1. The lowest BCUT2D eigenvalue weighted by Gasteiger charge is -2.31. The van der Waals surface area contributed by atoms with E-state index in [1.165, 1.54) is 11.3 Å². The zero-order valence-corrected chi connectivity index (χ0v) is 13.1. The summed E-state index contributed by atoms with van der Waals surface area (Å²) in [6.07, 6.45) is 1.06. The Labute approximate surface area is 132 Å². The Morgan fingerprint density at radius 1 is 1.45 bits per heavy atom. The van der Waals surface area contributed by atoms with Gasteiger partial charge in [0, 0.05) is 38.0 Å². The van der Waals surface area contributed by atoms with Crippen LogP contribution in [0.1, 0.15) is 29.1 Å². The molecule has 0 unspecified atom stereocenters. The van der Waals surface area contributed by atoms with Crippen molar-refractivity contribution in [3.63, 3.8) is 0 Å². The highest BCUT2D eigenvalue weighted by Crippen LogP contribution is 2.25. The number of rotatable bonds is 4. The Bertz CT molecular complexity index is 658. The number of thiazole rings is 1. The maximum atomic E-state index is 12.1. The number of hydrogen-bond acceptors (Lipinski definition) is 6. The second-order valence-corrected chi connectivity index (χ2v) is 6.33. The number of aliphatic hydroxyl groups is 1. The standard InChI is InChI=1S/C15H18N2O4S/c1-10-2-3-12(21-10)14-17-11(8-22-14)13(18)16-9-15(19)4-6-20-7-5-15/h2-3,8,19H,4-7,9H2,1H3,(H,16,18).